The Kier molecular flexibility index (Phi) is 8.21. The third kappa shape index (κ3) is 6.38. The fraction of sp³-hybridized carbons (Fsp3) is 0.300. The average Bonchev–Trinajstić information content (AvgIpc) is 3.44. The molecule has 0 atom stereocenters. The van der Waals surface area contributed by atoms with E-state index in [1.54, 1.807) is 30.3 Å². The molecular weight excluding hydrogens is 504 g/mol. The highest BCUT2D eigenvalue weighted by Gasteiger charge is 2.30. The van der Waals surface area contributed by atoms with Gasteiger partial charge >= 0.3 is 6.03 Å². The largest absolute Gasteiger partial charge is 0.481 e. The van der Waals surface area contributed by atoms with Crippen LogP contribution in [0.1, 0.15) is 36.8 Å². The predicted octanol–water partition coefficient (Wildman–Crippen LogP) is 4.90. The van der Waals surface area contributed by atoms with Crippen LogP contribution in [0.5, 0.6) is 5.88 Å². The highest BCUT2D eigenvalue weighted by atomic mass is 16.5. The molecule has 204 valence electrons. The summed E-state index contributed by atoms with van der Waals surface area (Å²) in [5.41, 5.74) is 4.37. The van der Waals surface area contributed by atoms with E-state index in [-0.39, 0.29) is 18.1 Å². The molecule has 1 aliphatic carbocycles. The first-order valence-corrected chi connectivity index (χ1v) is 13.3. The normalized spacial score (nSPS) is 16.5. The van der Waals surface area contributed by atoms with Gasteiger partial charge in [-0.15, -0.1) is 0 Å². The number of aryl methyl sites for hydroxylation is 1. The van der Waals surface area contributed by atoms with E-state index in [0.29, 0.717) is 18.0 Å². The Balaban J connectivity index is 1.30. The Morgan fingerprint density at radius 1 is 1.07 bits per heavy atom. The van der Waals surface area contributed by atoms with Gasteiger partial charge in [0.05, 0.1) is 18.9 Å². The van der Waals surface area contributed by atoms with Crippen molar-refractivity contribution in [3.05, 3.63) is 84.4 Å². The molecule has 1 saturated carbocycles. The van der Waals surface area contributed by atoms with Crippen molar-refractivity contribution in [3.63, 3.8) is 0 Å². The van der Waals surface area contributed by atoms with Crippen molar-refractivity contribution in [2.45, 2.75) is 44.3 Å². The van der Waals surface area contributed by atoms with Gasteiger partial charge in [-0.1, -0.05) is 12.1 Å². The maximum atomic E-state index is 13.7. The van der Waals surface area contributed by atoms with Crippen LogP contribution in [0.2, 0.25) is 0 Å². The SMILES string of the molecule is COc1cc(CNC(=O)N(c2ccc(-c3cnn(C)c3)cc2)C2CCC(Nc3ccc(C#N)cn3)CC2)ccn1. The van der Waals surface area contributed by atoms with E-state index in [4.69, 9.17) is 10.00 Å². The van der Waals surface area contributed by atoms with Gasteiger partial charge in [-0.25, -0.2) is 14.8 Å². The van der Waals surface area contributed by atoms with E-state index in [2.05, 4.69) is 31.8 Å². The van der Waals surface area contributed by atoms with E-state index < -0.39 is 0 Å². The molecule has 0 unspecified atom stereocenters. The van der Waals surface area contributed by atoms with Crippen molar-refractivity contribution < 1.29 is 9.53 Å². The molecule has 0 saturated heterocycles. The third-order valence-electron chi connectivity index (χ3n) is 7.16. The van der Waals surface area contributed by atoms with Gasteiger partial charge in [-0.3, -0.25) is 9.58 Å². The number of nitriles is 1. The average molecular weight is 537 g/mol. The summed E-state index contributed by atoms with van der Waals surface area (Å²) in [7, 11) is 3.47. The first-order valence-electron chi connectivity index (χ1n) is 13.3. The number of nitrogens with one attached hydrogen (secondary N) is 2. The lowest BCUT2D eigenvalue weighted by atomic mass is 9.89. The number of carbonyl (C=O) groups is 1. The Bertz CT molecular complexity index is 1470. The van der Waals surface area contributed by atoms with Crippen LogP contribution >= 0.6 is 0 Å². The topological polar surface area (TPSA) is 121 Å². The van der Waals surface area contributed by atoms with Crippen molar-refractivity contribution in [1.29, 1.82) is 5.26 Å². The van der Waals surface area contributed by atoms with Gasteiger partial charge in [0.2, 0.25) is 5.88 Å². The summed E-state index contributed by atoms with van der Waals surface area (Å²) in [5, 5.41) is 19.9. The van der Waals surface area contributed by atoms with Gasteiger partial charge in [0.15, 0.2) is 0 Å². The second kappa shape index (κ2) is 12.3. The lowest BCUT2D eigenvalue weighted by Crippen LogP contribution is -2.48. The molecule has 5 rings (SSSR count). The maximum absolute atomic E-state index is 13.7. The van der Waals surface area contributed by atoms with Crippen LogP contribution in [0.3, 0.4) is 0 Å². The van der Waals surface area contributed by atoms with Crippen LogP contribution in [0, 0.1) is 11.3 Å². The van der Waals surface area contributed by atoms with Gasteiger partial charge in [0, 0.05) is 61.6 Å². The number of ether oxygens (including phenoxy) is 1. The highest BCUT2D eigenvalue weighted by molar-refractivity contribution is 5.93. The second-order valence-electron chi connectivity index (χ2n) is 9.88. The molecule has 0 radical (unpaired) electrons. The van der Waals surface area contributed by atoms with Gasteiger partial charge in [-0.2, -0.15) is 10.4 Å². The quantitative estimate of drug-likeness (QED) is 0.329. The number of benzene rings is 1. The van der Waals surface area contributed by atoms with Crippen LogP contribution < -0.4 is 20.3 Å². The number of aromatic nitrogens is 4. The van der Waals surface area contributed by atoms with Crippen LogP contribution in [0.25, 0.3) is 11.1 Å². The molecule has 2 N–H and O–H groups in total. The van der Waals surface area contributed by atoms with E-state index in [1.165, 1.54) is 0 Å². The molecule has 4 aromatic rings. The molecule has 3 heterocycles. The summed E-state index contributed by atoms with van der Waals surface area (Å²) < 4.78 is 7.00. The predicted molar refractivity (Wildman–Crippen MR) is 153 cm³/mol. The number of methoxy groups -OCH3 is 1. The summed E-state index contributed by atoms with van der Waals surface area (Å²) in [6.45, 7) is 0.364. The third-order valence-corrected chi connectivity index (χ3v) is 7.16. The number of rotatable bonds is 8. The smallest absolute Gasteiger partial charge is 0.322 e. The molecule has 1 aromatic carbocycles. The first kappa shape index (κ1) is 26.7. The first-order chi connectivity index (χ1) is 19.5. The number of hydrogen-bond donors (Lipinski definition) is 2. The molecule has 10 nitrogen and oxygen atoms in total. The monoisotopic (exact) mass is 536 g/mol. The van der Waals surface area contributed by atoms with E-state index in [0.717, 1.165) is 53.9 Å². The number of anilines is 2. The number of urea groups is 1. The zero-order valence-electron chi connectivity index (χ0n) is 22.6. The Morgan fingerprint density at radius 2 is 1.88 bits per heavy atom. The standard InChI is InChI=1S/C30H32N8O2/c1-37-20-24(19-35-37)23-4-8-26(9-5-23)38(30(39)34-17-21-13-14-32-29(15-21)40-2)27-10-6-25(7-11-27)36-28-12-3-22(16-31)18-33-28/h3-5,8-9,12-15,18-20,25,27H,6-7,10-11,17H2,1-2H3,(H,33,36)(H,34,39). The second-order valence-corrected chi connectivity index (χ2v) is 9.88. The lowest BCUT2D eigenvalue weighted by Gasteiger charge is -2.37. The maximum Gasteiger partial charge on any atom is 0.322 e. The summed E-state index contributed by atoms with van der Waals surface area (Å²) in [5.74, 6) is 1.27. The molecule has 0 spiro atoms. The van der Waals surface area contributed by atoms with Crippen LogP contribution in [-0.4, -0.2) is 45.0 Å². The number of hydrogen-bond acceptors (Lipinski definition) is 7. The zero-order chi connectivity index (χ0) is 27.9. The summed E-state index contributed by atoms with van der Waals surface area (Å²) in [6.07, 6.45) is 10.5. The van der Waals surface area contributed by atoms with Gasteiger partial charge in [0.25, 0.3) is 0 Å². The minimum Gasteiger partial charge on any atom is -0.481 e. The number of nitrogens with zero attached hydrogens (tertiary/aromatic N) is 6. The number of amides is 2. The van der Waals surface area contributed by atoms with Crippen molar-refractivity contribution in [1.82, 2.24) is 25.1 Å². The van der Waals surface area contributed by atoms with Crippen LogP contribution in [0.4, 0.5) is 16.3 Å². The molecule has 1 aliphatic rings. The number of pyridine rings is 2. The number of carbonyl (C=O) groups excluding carboxylic acids is 1. The van der Waals surface area contributed by atoms with Crippen molar-refractivity contribution in [2.24, 2.45) is 7.05 Å². The lowest BCUT2D eigenvalue weighted by molar-refractivity contribution is 0.240. The Labute approximate surface area is 233 Å². The molecular formula is C30H32N8O2. The van der Waals surface area contributed by atoms with Gasteiger partial charge in [0.1, 0.15) is 11.9 Å². The van der Waals surface area contributed by atoms with Crippen molar-refractivity contribution >= 4 is 17.5 Å². The molecule has 40 heavy (non-hydrogen) atoms. The molecule has 1 fully saturated rings. The molecule has 0 bridgehead atoms. The van der Waals surface area contributed by atoms with Crippen molar-refractivity contribution in [2.75, 3.05) is 17.3 Å². The molecule has 10 heteroatoms. The van der Waals surface area contributed by atoms with E-state index >= 15 is 0 Å². The van der Waals surface area contributed by atoms with Gasteiger partial charge in [-0.05, 0) is 67.1 Å². The summed E-state index contributed by atoms with van der Waals surface area (Å²) in [6, 6.07) is 17.6. The molecule has 3 aromatic heterocycles. The zero-order valence-corrected chi connectivity index (χ0v) is 22.6. The summed E-state index contributed by atoms with van der Waals surface area (Å²) >= 11 is 0. The van der Waals surface area contributed by atoms with Crippen LogP contribution in [0.15, 0.2) is 73.3 Å². The minimum atomic E-state index is -0.143. The highest BCUT2D eigenvalue weighted by Crippen LogP contribution is 2.31. The fourth-order valence-corrected chi connectivity index (χ4v) is 5.05. The molecule has 2 amide bonds. The Hall–Kier alpha value is -4.91. The van der Waals surface area contributed by atoms with E-state index in [1.807, 2.05) is 66.8 Å². The van der Waals surface area contributed by atoms with Crippen LogP contribution in [-0.2, 0) is 13.6 Å². The summed E-state index contributed by atoms with van der Waals surface area (Å²) in [4.78, 5) is 24.0. The molecule has 0 aliphatic heterocycles. The minimum absolute atomic E-state index is 0.0446. The van der Waals surface area contributed by atoms with Gasteiger partial charge < -0.3 is 15.4 Å². The Morgan fingerprint density at radius 3 is 2.52 bits per heavy atom. The van der Waals surface area contributed by atoms with E-state index in [9.17, 15) is 4.79 Å². The van der Waals surface area contributed by atoms with Crippen molar-refractivity contribution in [3.8, 4) is 23.1 Å². The fourth-order valence-electron chi connectivity index (χ4n) is 5.05.